The van der Waals surface area contributed by atoms with Gasteiger partial charge in [-0.05, 0) is 12.1 Å². The summed E-state index contributed by atoms with van der Waals surface area (Å²) in [5.41, 5.74) is 2.53. The highest BCUT2D eigenvalue weighted by Gasteiger charge is 2.42. The summed E-state index contributed by atoms with van der Waals surface area (Å²) in [6, 6.07) is 24.9. The summed E-state index contributed by atoms with van der Waals surface area (Å²) in [7, 11) is -2.30. The van der Waals surface area contributed by atoms with Gasteiger partial charge in [-0.1, -0.05) is 66.7 Å². The van der Waals surface area contributed by atoms with E-state index in [9.17, 15) is 9.59 Å². The molecule has 0 amide bonds. The molecule has 0 bridgehead atoms. The van der Waals surface area contributed by atoms with Crippen LogP contribution >= 0.6 is 0 Å². The molecule has 1 aliphatic heterocycles. The summed E-state index contributed by atoms with van der Waals surface area (Å²) in [4.78, 5) is 22.9. The van der Waals surface area contributed by atoms with Gasteiger partial charge in [0.05, 0.1) is 6.61 Å². The zero-order valence-corrected chi connectivity index (χ0v) is 18.2. The summed E-state index contributed by atoms with van der Waals surface area (Å²) >= 11 is 0. The van der Waals surface area contributed by atoms with Gasteiger partial charge in [0.25, 0.3) is 17.7 Å². The molecule has 3 aromatic carbocycles. The third kappa shape index (κ3) is 4.37. The standard InChI is InChI=1S/C24H21O6Si/c1-17(25)29-31(30-18(2)26)22-13-14-23-19(15-22)16-27-24(28-23,20-9-5-3-6-10-20)21-11-7-4-8-12-21/h3-15H,16H2,1-2H3. The Morgan fingerprint density at radius 2 is 1.39 bits per heavy atom. The van der Waals surface area contributed by atoms with Crippen LogP contribution in [0, 0.1) is 0 Å². The van der Waals surface area contributed by atoms with E-state index in [1.165, 1.54) is 13.8 Å². The Bertz CT molecular complexity index is 1030. The van der Waals surface area contributed by atoms with E-state index in [4.69, 9.17) is 18.3 Å². The molecule has 1 heterocycles. The molecule has 0 fully saturated rings. The highest BCUT2D eigenvalue weighted by atomic mass is 28.3. The molecule has 31 heavy (non-hydrogen) atoms. The summed E-state index contributed by atoms with van der Waals surface area (Å²) in [5.74, 6) is -1.45. The minimum atomic E-state index is -2.30. The lowest BCUT2D eigenvalue weighted by atomic mass is 9.95. The van der Waals surface area contributed by atoms with Crippen LogP contribution in [0.5, 0.6) is 5.75 Å². The third-order valence-corrected chi connectivity index (χ3v) is 6.49. The van der Waals surface area contributed by atoms with Crippen LogP contribution in [0.25, 0.3) is 0 Å². The van der Waals surface area contributed by atoms with Gasteiger partial charge in [0, 0.05) is 35.7 Å². The van der Waals surface area contributed by atoms with Crippen molar-refractivity contribution in [2.75, 3.05) is 0 Å². The van der Waals surface area contributed by atoms with Crippen molar-refractivity contribution in [2.24, 2.45) is 0 Å². The highest BCUT2D eigenvalue weighted by Crippen LogP contribution is 2.41. The maximum atomic E-state index is 11.5. The predicted molar refractivity (Wildman–Crippen MR) is 114 cm³/mol. The average Bonchev–Trinajstić information content (AvgIpc) is 2.78. The fourth-order valence-electron chi connectivity index (χ4n) is 3.45. The van der Waals surface area contributed by atoms with Crippen LogP contribution < -0.4 is 9.92 Å². The van der Waals surface area contributed by atoms with Crippen LogP contribution in [-0.4, -0.2) is 21.2 Å². The van der Waals surface area contributed by atoms with E-state index in [1.807, 2.05) is 60.7 Å². The van der Waals surface area contributed by atoms with Gasteiger partial charge in [0.1, 0.15) is 5.75 Å². The maximum absolute atomic E-state index is 11.5. The first-order valence-electron chi connectivity index (χ1n) is 9.79. The molecule has 0 aliphatic carbocycles. The van der Waals surface area contributed by atoms with Gasteiger partial charge in [-0.3, -0.25) is 9.59 Å². The lowest BCUT2D eigenvalue weighted by Gasteiger charge is -2.39. The van der Waals surface area contributed by atoms with Crippen molar-refractivity contribution in [3.63, 3.8) is 0 Å². The van der Waals surface area contributed by atoms with E-state index in [1.54, 1.807) is 18.2 Å². The molecule has 7 heteroatoms. The molecule has 0 spiro atoms. The molecular weight excluding hydrogens is 412 g/mol. The minimum absolute atomic E-state index is 0.266. The second kappa shape index (κ2) is 8.75. The van der Waals surface area contributed by atoms with E-state index in [0.29, 0.717) is 10.9 Å². The van der Waals surface area contributed by atoms with Crippen molar-refractivity contribution in [2.45, 2.75) is 26.2 Å². The Morgan fingerprint density at radius 3 is 1.90 bits per heavy atom. The highest BCUT2D eigenvalue weighted by molar-refractivity contribution is 6.64. The molecule has 0 aromatic heterocycles. The Kier molecular flexibility index (Phi) is 5.88. The second-order valence-electron chi connectivity index (χ2n) is 7.04. The number of ether oxygens (including phenoxy) is 2. The fourth-order valence-corrected chi connectivity index (χ4v) is 4.76. The maximum Gasteiger partial charge on any atom is 0.576 e. The van der Waals surface area contributed by atoms with Crippen LogP contribution in [0.2, 0.25) is 0 Å². The van der Waals surface area contributed by atoms with E-state index in [2.05, 4.69) is 0 Å². The third-order valence-electron chi connectivity index (χ3n) is 4.76. The predicted octanol–water partition coefficient (Wildman–Crippen LogP) is 3.32. The molecule has 4 rings (SSSR count). The van der Waals surface area contributed by atoms with Crippen molar-refractivity contribution >= 4 is 26.4 Å². The lowest BCUT2D eigenvalue weighted by molar-refractivity contribution is -0.184. The van der Waals surface area contributed by atoms with Crippen molar-refractivity contribution in [1.29, 1.82) is 0 Å². The van der Waals surface area contributed by atoms with Crippen molar-refractivity contribution in [3.05, 3.63) is 95.6 Å². The van der Waals surface area contributed by atoms with Gasteiger partial charge in [-0.15, -0.1) is 0 Å². The minimum Gasteiger partial charge on any atom is -0.480 e. The first kappa shape index (κ1) is 20.8. The van der Waals surface area contributed by atoms with E-state index < -0.39 is 27.0 Å². The van der Waals surface area contributed by atoms with Gasteiger partial charge < -0.3 is 18.3 Å². The van der Waals surface area contributed by atoms with Crippen molar-refractivity contribution in [3.8, 4) is 5.75 Å². The largest absolute Gasteiger partial charge is 0.576 e. The smallest absolute Gasteiger partial charge is 0.480 e. The molecule has 6 nitrogen and oxygen atoms in total. The van der Waals surface area contributed by atoms with E-state index in [-0.39, 0.29) is 6.61 Å². The molecule has 0 saturated carbocycles. The summed E-state index contributed by atoms with van der Waals surface area (Å²) in [5, 5.41) is 0.619. The van der Waals surface area contributed by atoms with Crippen molar-refractivity contribution in [1.82, 2.24) is 0 Å². The number of benzene rings is 3. The van der Waals surface area contributed by atoms with E-state index in [0.717, 1.165) is 16.7 Å². The normalized spacial score (nSPS) is 14.3. The van der Waals surface area contributed by atoms with Crippen LogP contribution in [0.1, 0.15) is 30.5 Å². The van der Waals surface area contributed by atoms with Crippen LogP contribution in [-0.2, 0) is 35.6 Å². The number of carbonyl (C=O) groups excluding carboxylic acids is 2. The van der Waals surface area contributed by atoms with Crippen LogP contribution in [0.4, 0.5) is 0 Å². The van der Waals surface area contributed by atoms with Crippen molar-refractivity contribution < 1.29 is 27.9 Å². The topological polar surface area (TPSA) is 71.1 Å². The van der Waals surface area contributed by atoms with Gasteiger partial charge >= 0.3 is 9.28 Å². The zero-order valence-electron chi connectivity index (χ0n) is 17.2. The van der Waals surface area contributed by atoms with Gasteiger partial charge in [-0.2, -0.15) is 0 Å². The lowest BCUT2D eigenvalue weighted by Crippen LogP contribution is -2.42. The van der Waals surface area contributed by atoms with Gasteiger partial charge in [0.2, 0.25) is 0 Å². The molecule has 0 saturated heterocycles. The number of hydrogen-bond donors (Lipinski definition) is 0. The Labute approximate surface area is 182 Å². The number of hydrogen-bond acceptors (Lipinski definition) is 6. The molecule has 157 valence electrons. The molecular formula is C24H21O6Si. The average molecular weight is 434 g/mol. The quantitative estimate of drug-likeness (QED) is 0.575. The number of fused-ring (bicyclic) bond motifs is 1. The first-order valence-corrected chi connectivity index (χ1v) is 11.1. The Hall–Kier alpha value is -3.42. The van der Waals surface area contributed by atoms with Gasteiger partial charge in [-0.25, -0.2) is 0 Å². The molecule has 0 unspecified atom stereocenters. The summed E-state index contributed by atoms with van der Waals surface area (Å²) in [6.45, 7) is 2.84. The Balaban J connectivity index is 1.72. The molecule has 1 aliphatic rings. The molecule has 0 N–H and O–H groups in total. The summed E-state index contributed by atoms with van der Waals surface area (Å²) in [6.07, 6.45) is 0. The van der Waals surface area contributed by atoms with E-state index >= 15 is 0 Å². The first-order chi connectivity index (χ1) is 15.0. The summed E-state index contributed by atoms with van der Waals surface area (Å²) < 4.78 is 23.3. The Morgan fingerprint density at radius 1 is 0.839 bits per heavy atom. The molecule has 0 atom stereocenters. The molecule has 3 aromatic rings. The number of carbonyl (C=O) groups is 2. The monoisotopic (exact) mass is 433 g/mol. The number of rotatable bonds is 5. The zero-order chi connectivity index (χ0) is 21.8. The van der Waals surface area contributed by atoms with Crippen LogP contribution in [0.15, 0.2) is 78.9 Å². The fraction of sp³-hybridized carbons (Fsp3) is 0.167. The SMILES string of the molecule is CC(=O)O[Si](OC(C)=O)c1ccc2c(c1)COC(c1ccccc1)(c1ccccc1)O2. The van der Waals surface area contributed by atoms with Gasteiger partial charge in [0.15, 0.2) is 0 Å². The second-order valence-corrected chi connectivity index (χ2v) is 8.60. The van der Waals surface area contributed by atoms with Crippen LogP contribution in [0.3, 0.4) is 0 Å². The molecule has 1 radical (unpaired) electrons.